The van der Waals surface area contributed by atoms with Crippen molar-refractivity contribution in [1.29, 1.82) is 0 Å². The molecule has 2 rings (SSSR count). The van der Waals surface area contributed by atoms with Crippen LogP contribution in [0.1, 0.15) is 18.1 Å². The number of hydrogen-bond acceptors (Lipinski definition) is 4. The molecule has 0 fully saturated rings. The molecule has 1 unspecified atom stereocenters. The van der Waals surface area contributed by atoms with E-state index in [9.17, 15) is 9.59 Å². The normalized spacial score (nSPS) is 11.6. The van der Waals surface area contributed by atoms with Crippen molar-refractivity contribution in [3.63, 3.8) is 0 Å². The summed E-state index contributed by atoms with van der Waals surface area (Å²) in [6, 6.07) is 15.0. The van der Waals surface area contributed by atoms with Gasteiger partial charge in [-0.15, -0.1) is 11.8 Å². The van der Waals surface area contributed by atoms with Crippen LogP contribution in [0.2, 0.25) is 0 Å². The third-order valence-electron chi connectivity index (χ3n) is 4.31. The number of nitrogens with one attached hydrogen (secondary N) is 1. The number of ether oxygens (including phenoxy) is 1. The monoisotopic (exact) mass is 464 g/mol. The van der Waals surface area contributed by atoms with Crippen LogP contribution in [0.3, 0.4) is 0 Å². The Balaban J connectivity index is 2.01. The second kappa shape index (κ2) is 11.1. The molecule has 0 aliphatic carbocycles. The van der Waals surface area contributed by atoms with Gasteiger partial charge in [0.2, 0.25) is 11.8 Å². The first kappa shape index (κ1) is 22.3. The molecule has 0 aliphatic rings. The second-order valence-corrected chi connectivity index (χ2v) is 8.18. The molecule has 5 nitrogen and oxygen atoms in total. The Labute approximate surface area is 179 Å². The molecule has 2 aromatic carbocycles. The van der Waals surface area contributed by atoms with Crippen molar-refractivity contribution in [2.24, 2.45) is 0 Å². The van der Waals surface area contributed by atoms with E-state index in [1.807, 2.05) is 48.5 Å². The molecule has 0 spiro atoms. The van der Waals surface area contributed by atoms with Gasteiger partial charge in [-0.3, -0.25) is 9.59 Å². The van der Waals surface area contributed by atoms with Crippen LogP contribution in [0, 0.1) is 0 Å². The Morgan fingerprint density at radius 2 is 1.89 bits per heavy atom. The van der Waals surface area contributed by atoms with E-state index in [0.717, 1.165) is 27.1 Å². The number of hydrogen-bond donors (Lipinski definition) is 1. The fourth-order valence-corrected chi connectivity index (χ4v) is 4.00. The maximum absolute atomic E-state index is 12.9. The van der Waals surface area contributed by atoms with Crippen LogP contribution in [-0.2, 0) is 21.9 Å². The maximum Gasteiger partial charge on any atom is 0.242 e. The highest BCUT2D eigenvalue weighted by molar-refractivity contribution is 9.10. The summed E-state index contributed by atoms with van der Waals surface area (Å²) >= 11 is 4.98. The van der Waals surface area contributed by atoms with Crippen molar-refractivity contribution in [3.05, 3.63) is 64.1 Å². The summed E-state index contributed by atoms with van der Waals surface area (Å²) in [7, 11) is 3.22. The highest BCUT2D eigenvalue weighted by atomic mass is 79.9. The lowest BCUT2D eigenvalue weighted by Crippen LogP contribution is -2.47. The van der Waals surface area contributed by atoms with Crippen molar-refractivity contribution in [2.75, 3.05) is 19.9 Å². The van der Waals surface area contributed by atoms with Gasteiger partial charge >= 0.3 is 0 Å². The van der Waals surface area contributed by atoms with E-state index < -0.39 is 6.04 Å². The van der Waals surface area contributed by atoms with E-state index >= 15 is 0 Å². The molecule has 1 N–H and O–H groups in total. The summed E-state index contributed by atoms with van der Waals surface area (Å²) < 4.78 is 6.10. The second-order valence-electron chi connectivity index (χ2n) is 6.28. The third-order valence-corrected chi connectivity index (χ3v) is 5.79. The lowest BCUT2D eigenvalue weighted by molar-refractivity contribution is -0.138. The smallest absolute Gasteiger partial charge is 0.242 e. The Hall–Kier alpha value is -1.99. The van der Waals surface area contributed by atoms with E-state index in [0.29, 0.717) is 12.3 Å². The fourth-order valence-electron chi connectivity index (χ4n) is 2.68. The van der Waals surface area contributed by atoms with Gasteiger partial charge in [-0.2, -0.15) is 0 Å². The Morgan fingerprint density at radius 1 is 1.18 bits per heavy atom. The molecule has 0 aliphatic heterocycles. The Morgan fingerprint density at radius 3 is 2.50 bits per heavy atom. The third kappa shape index (κ3) is 6.56. The van der Waals surface area contributed by atoms with E-state index in [1.54, 1.807) is 26.0 Å². The van der Waals surface area contributed by atoms with Gasteiger partial charge < -0.3 is 15.0 Å². The van der Waals surface area contributed by atoms with Gasteiger partial charge in [-0.05, 0) is 42.3 Å². The molecule has 2 amide bonds. The van der Waals surface area contributed by atoms with Crippen molar-refractivity contribution >= 4 is 39.5 Å². The van der Waals surface area contributed by atoms with Crippen molar-refractivity contribution < 1.29 is 14.3 Å². The van der Waals surface area contributed by atoms with Gasteiger partial charge in [-0.25, -0.2) is 0 Å². The quantitative estimate of drug-likeness (QED) is 0.611. The number of carbonyl (C=O) groups is 2. The minimum Gasteiger partial charge on any atom is -0.497 e. The van der Waals surface area contributed by atoms with Gasteiger partial charge in [0.25, 0.3) is 0 Å². The molecule has 150 valence electrons. The molecular weight excluding hydrogens is 440 g/mol. The Bertz CT molecular complexity index is 798. The zero-order chi connectivity index (χ0) is 20.5. The lowest BCUT2D eigenvalue weighted by Gasteiger charge is -2.28. The average Bonchev–Trinajstić information content (AvgIpc) is 2.71. The van der Waals surface area contributed by atoms with Gasteiger partial charge in [0, 0.05) is 23.8 Å². The molecule has 0 radical (unpaired) electrons. The zero-order valence-corrected chi connectivity index (χ0v) is 18.7. The highest BCUT2D eigenvalue weighted by Gasteiger charge is 2.25. The van der Waals surface area contributed by atoms with E-state index in [1.165, 1.54) is 11.8 Å². The summed E-state index contributed by atoms with van der Waals surface area (Å²) in [6.07, 6.45) is 0. The predicted molar refractivity (Wildman–Crippen MR) is 117 cm³/mol. The van der Waals surface area contributed by atoms with Crippen LogP contribution in [0.15, 0.2) is 53.0 Å². The van der Waals surface area contributed by atoms with Crippen molar-refractivity contribution in [2.45, 2.75) is 25.3 Å². The molecular formula is C21H25BrN2O3S. The maximum atomic E-state index is 12.9. The topological polar surface area (TPSA) is 58.6 Å². The number of rotatable bonds is 9. The predicted octanol–water partition coefficient (Wildman–Crippen LogP) is 3.85. The molecule has 0 heterocycles. The van der Waals surface area contributed by atoms with Crippen molar-refractivity contribution in [3.8, 4) is 5.75 Å². The molecule has 0 aromatic heterocycles. The first-order valence-corrected chi connectivity index (χ1v) is 10.9. The van der Waals surface area contributed by atoms with Crippen LogP contribution in [0.4, 0.5) is 0 Å². The lowest BCUT2D eigenvalue weighted by atomic mass is 10.1. The summed E-state index contributed by atoms with van der Waals surface area (Å²) in [5, 5.41) is 2.63. The van der Waals surface area contributed by atoms with E-state index in [4.69, 9.17) is 4.74 Å². The highest BCUT2D eigenvalue weighted by Crippen LogP contribution is 2.19. The summed E-state index contributed by atoms with van der Waals surface area (Å²) in [4.78, 5) is 26.6. The average molecular weight is 465 g/mol. The van der Waals surface area contributed by atoms with Gasteiger partial charge in [0.15, 0.2) is 0 Å². The number of likely N-dealkylation sites (N-methyl/N-ethyl adjacent to an activating group) is 1. The summed E-state index contributed by atoms with van der Waals surface area (Å²) in [5.41, 5.74) is 2.09. The number of halogens is 1. The van der Waals surface area contributed by atoms with Gasteiger partial charge in [0.05, 0.1) is 12.9 Å². The molecule has 2 aromatic rings. The van der Waals surface area contributed by atoms with Gasteiger partial charge in [0.1, 0.15) is 11.8 Å². The first-order valence-electron chi connectivity index (χ1n) is 8.90. The number of nitrogens with zero attached hydrogens (tertiary/aromatic N) is 1. The number of benzene rings is 2. The van der Waals surface area contributed by atoms with Gasteiger partial charge in [-0.1, -0.05) is 40.2 Å². The molecule has 0 saturated carbocycles. The Kier molecular flexibility index (Phi) is 8.86. The minimum atomic E-state index is -0.543. The fraction of sp³-hybridized carbons (Fsp3) is 0.333. The number of methoxy groups -OCH3 is 1. The number of carbonyl (C=O) groups excluding carboxylic acids is 2. The molecule has 7 heteroatoms. The van der Waals surface area contributed by atoms with Crippen LogP contribution in [0.5, 0.6) is 5.75 Å². The van der Waals surface area contributed by atoms with E-state index in [-0.39, 0.29) is 11.8 Å². The largest absolute Gasteiger partial charge is 0.497 e. The molecule has 28 heavy (non-hydrogen) atoms. The van der Waals surface area contributed by atoms with Crippen LogP contribution < -0.4 is 10.1 Å². The first-order chi connectivity index (χ1) is 13.4. The van der Waals surface area contributed by atoms with E-state index in [2.05, 4.69) is 21.2 Å². The zero-order valence-electron chi connectivity index (χ0n) is 16.3. The SMILES string of the molecule is CNC(=O)C(C)N(Cc1cccc(Br)c1)C(=O)CSCc1ccc(OC)cc1. The number of thioether (sulfide) groups is 1. The van der Waals surface area contributed by atoms with Crippen LogP contribution >= 0.6 is 27.7 Å². The molecule has 0 saturated heterocycles. The number of amides is 2. The summed E-state index contributed by atoms with van der Waals surface area (Å²) in [5.74, 6) is 1.60. The standard InChI is InChI=1S/C21H25BrN2O3S/c1-15(21(26)23-2)24(12-17-5-4-6-18(22)11-17)20(25)14-28-13-16-7-9-19(27-3)10-8-16/h4-11,15H,12-14H2,1-3H3,(H,23,26). The van der Waals surface area contributed by atoms with Crippen LogP contribution in [-0.4, -0.2) is 42.7 Å². The van der Waals surface area contributed by atoms with Crippen molar-refractivity contribution in [1.82, 2.24) is 10.2 Å². The molecule has 0 bridgehead atoms. The van der Waals surface area contributed by atoms with Crippen LogP contribution in [0.25, 0.3) is 0 Å². The minimum absolute atomic E-state index is 0.0606. The summed E-state index contributed by atoms with van der Waals surface area (Å²) in [6.45, 7) is 2.14. The molecule has 1 atom stereocenters.